The second kappa shape index (κ2) is 16.6. The van der Waals surface area contributed by atoms with E-state index >= 15 is 0 Å². The summed E-state index contributed by atoms with van der Waals surface area (Å²) in [5, 5.41) is 31.2. The van der Waals surface area contributed by atoms with Crippen molar-refractivity contribution in [2.75, 3.05) is 20.1 Å². The van der Waals surface area contributed by atoms with Crippen LogP contribution in [0.3, 0.4) is 0 Å². The fourth-order valence-electron chi connectivity index (χ4n) is 4.62. The van der Waals surface area contributed by atoms with E-state index in [0.29, 0.717) is 19.4 Å². The summed E-state index contributed by atoms with van der Waals surface area (Å²) < 4.78 is 5.41. The van der Waals surface area contributed by atoms with Crippen LogP contribution in [-0.4, -0.2) is 77.3 Å². The molecule has 0 saturated heterocycles. The lowest BCUT2D eigenvalue weighted by molar-refractivity contribution is 0.0416. The van der Waals surface area contributed by atoms with E-state index in [-0.39, 0.29) is 19.1 Å². The molecule has 9 heteroatoms. The molecule has 0 aliphatic heterocycles. The van der Waals surface area contributed by atoms with Crippen molar-refractivity contribution < 1.29 is 24.5 Å². The molecule has 0 aromatic heterocycles. The van der Waals surface area contributed by atoms with E-state index < -0.39 is 36.0 Å². The van der Waals surface area contributed by atoms with E-state index in [1.165, 1.54) is 0 Å². The molecule has 0 spiro atoms. The number of urea groups is 1. The number of carbonyl (C=O) groups excluding carboxylic acids is 2. The Balaban J connectivity index is 1.62. The molecule has 43 heavy (non-hydrogen) atoms. The molecule has 0 aliphatic rings. The van der Waals surface area contributed by atoms with E-state index in [1.54, 1.807) is 32.7 Å². The molecule has 4 atom stereocenters. The Bertz CT molecular complexity index is 1240. The van der Waals surface area contributed by atoms with Crippen LogP contribution >= 0.6 is 0 Å². The van der Waals surface area contributed by atoms with E-state index in [9.17, 15) is 19.8 Å². The minimum Gasteiger partial charge on any atom is -0.444 e. The monoisotopic (exact) mass is 590 g/mol. The highest BCUT2D eigenvalue weighted by Crippen LogP contribution is 2.12. The maximum atomic E-state index is 13.1. The van der Waals surface area contributed by atoms with Gasteiger partial charge in [-0.3, -0.25) is 0 Å². The lowest BCUT2D eigenvalue weighted by Gasteiger charge is -2.29. The first kappa shape index (κ1) is 33.6. The Kier molecular flexibility index (Phi) is 13.0. The van der Waals surface area contributed by atoms with Crippen molar-refractivity contribution in [2.45, 2.75) is 70.1 Å². The summed E-state index contributed by atoms with van der Waals surface area (Å²) in [6.45, 7) is 5.98. The summed E-state index contributed by atoms with van der Waals surface area (Å²) in [5.41, 5.74) is 2.25. The Labute approximate surface area is 255 Å². The molecule has 0 fully saturated rings. The Morgan fingerprint density at radius 2 is 1.14 bits per heavy atom. The third-order valence-corrected chi connectivity index (χ3v) is 6.85. The van der Waals surface area contributed by atoms with Crippen molar-refractivity contribution in [1.82, 2.24) is 20.9 Å². The van der Waals surface area contributed by atoms with Crippen molar-refractivity contribution in [3.05, 3.63) is 108 Å². The first-order chi connectivity index (χ1) is 20.5. The third-order valence-electron chi connectivity index (χ3n) is 6.85. The van der Waals surface area contributed by atoms with Gasteiger partial charge >= 0.3 is 12.1 Å². The van der Waals surface area contributed by atoms with Gasteiger partial charge in [0.2, 0.25) is 0 Å². The molecule has 3 amide bonds. The van der Waals surface area contributed by atoms with E-state index in [4.69, 9.17) is 4.74 Å². The average molecular weight is 591 g/mol. The third kappa shape index (κ3) is 12.5. The number of ether oxygens (including phenoxy) is 1. The first-order valence-electron chi connectivity index (χ1n) is 14.7. The maximum Gasteiger partial charge on any atom is 0.407 e. The number of hydrogen-bond donors (Lipinski definition) is 5. The van der Waals surface area contributed by atoms with Gasteiger partial charge < -0.3 is 35.8 Å². The van der Waals surface area contributed by atoms with Gasteiger partial charge in [-0.1, -0.05) is 91.0 Å². The summed E-state index contributed by atoms with van der Waals surface area (Å²) in [7, 11) is 1.72. The second-order valence-corrected chi connectivity index (χ2v) is 11.8. The highest BCUT2D eigenvalue weighted by Gasteiger charge is 2.27. The molecule has 232 valence electrons. The molecule has 9 nitrogen and oxygen atoms in total. The van der Waals surface area contributed by atoms with E-state index in [2.05, 4.69) is 16.0 Å². The first-order valence-corrected chi connectivity index (χ1v) is 14.7. The Morgan fingerprint density at radius 3 is 1.58 bits per heavy atom. The molecule has 0 saturated carbocycles. The van der Waals surface area contributed by atoms with Crippen LogP contribution in [0.2, 0.25) is 0 Å². The fraction of sp³-hybridized carbons (Fsp3) is 0.412. The summed E-state index contributed by atoms with van der Waals surface area (Å²) in [4.78, 5) is 27.2. The topological polar surface area (TPSA) is 123 Å². The number of carbonyl (C=O) groups is 2. The minimum absolute atomic E-state index is 0.101. The van der Waals surface area contributed by atoms with Gasteiger partial charge in [0, 0.05) is 26.7 Å². The number of aliphatic hydroxyl groups excluding tert-OH is 2. The molecule has 3 aromatic rings. The zero-order chi connectivity index (χ0) is 31.2. The standard InChI is InChI=1S/C34H46N4O5/c1-34(2,3)43-33(42)37-29(21-26-16-10-6-11-17-26)31(40)23-35-22-30(39)28(20-25-14-8-5-9-15-25)36-32(41)38(4)24-27-18-12-7-13-19-27/h5-19,28-31,35,39-40H,20-24H2,1-4H3,(H,36,41)(H,37,42)/t28-,29-,30+,31+/m0/s1. The summed E-state index contributed by atoms with van der Waals surface area (Å²) in [6, 6.07) is 27.4. The smallest absolute Gasteiger partial charge is 0.407 e. The van der Waals surface area contributed by atoms with Crippen molar-refractivity contribution >= 4 is 12.1 Å². The summed E-state index contributed by atoms with van der Waals surface area (Å²) in [5.74, 6) is 0. The number of hydrogen-bond acceptors (Lipinski definition) is 6. The number of nitrogens with one attached hydrogen (secondary N) is 3. The molecule has 0 heterocycles. The van der Waals surface area contributed by atoms with Crippen LogP contribution in [-0.2, 0) is 24.1 Å². The van der Waals surface area contributed by atoms with Crippen LogP contribution in [0.4, 0.5) is 9.59 Å². The number of amides is 3. The largest absolute Gasteiger partial charge is 0.444 e. The number of benzene rings is 3. The number of aliphatic hydroxyl groups is 2. The Hall–Kier alpha value is -3.92. The molecule has 0 radical (unpaired) electrons. The van der Waals surface area contributed by atoms with Crippen LogP contribution in [0.1, 0.15) is 37.5 Å². The van der Waals surface area contributed by atoms with Crippen molar-refractivity contribution in [2.24, 2.45) is 0 Å². The number of rotatable bonds is 14. The zero-order valence-corrected chi connectivity index (χ0v) is 25.6. The van der Waals surface area contributed by atoms with Crippen molar-refractivity contribution in [3.63, 3.8) is 0 Å². The summed E-state index contributed by atoms with van der Waals surface area (Å²) in [6.07, 6.45) is -1.72. The highest BCUT2D eigenvalue weighted by atomic mass is 16.6. The molecule has 3 aromatic carbocycles. The van der Waals surface area contributed by atoms with Crippen LogP contribution in [0.25, 0.3) is 0 Å². The number of nitrogens with zero attached hydrogens (tertiary/aromatic N) is 1. The highest BCUT2D eigenvalue weighted by molar-refractivity contribution is 5.74. The van der Waals surface area contributed by atoms with Gasteiger partial charge in [0.25, 0.3) is 0 Å². The van der Waals surface area contributed by atoms with Crippen molar-refractivity contribution in [1.29, 1.82) is 0 Å². The summed E-state index contributed by atoms with van der Waals surface area (Å²) >= 11 is 0. The van der Waals surface area contributed by atoms with Crippen LogP contribution in [0.15, 0.2) is 91.0 Å². The van der Waals surface area contributed by atoms with Gasteiger partial charge in [0.1, 0.15) is 5.60 Å². The van der Waals surface area contributed by atoms with Gasteiger partial charge in [0.05, 0.1) is 24.3 Å². The molecular formula is C34H46N4O5. The van der Waals surface area contributed by atoms with E-state index in [1.807, 2.05) is 91.0 Å². The second-order valence-electron chi connectivity index (χ2n) is 11.8. The zero-order valence-electron chi connectivity index (χ0n) is 25.6. The lowest BCUT2D eigenvalue weighted by Crippen LogP contribution is -2.54. The predicted octanol–water partition coefficient (Wildman–Crippen LogP) is 3.89. The predicted molar refractivity (Wildman–Crippen MR) is 169 cm³/mol. The molecule has 0 unspecified atom stereocenters. The van der Waals surface area contributed by atoms with Crippen LogP contribution in [0.5, 0.6) is 0 Å². The maximum absolute atomic E-state index is 13.1. The van der Waals surface area contributed by atoms with Crippen LogP contribution in [0, 0.1) is 0 Å². The molecular weight excluding hydrogens is 544 g/mol. The van der Waals surface area contributed by atoms with E-state index in [0.717, 1.165) is 16.7 Å². The SMILES string of the molecule is CN(Cc1ccccc1)C(=O)N[C@@H](Cc1ccccc1)[C@H](O)CNC[C@@H](O)[C@H](Cc1ccccc1)NC(=O)OC(C)(C)C. The van der Waals surface area contributed by atoms with Gasteiger partial charge in [0.15, 0.2) is 0 Å². The minimum atomic E-state index is -0.973. The number of alkyl carbamates (subject to hydrolysis) is 1. The quantitative estimate of drug-likeness (QED) is 0.194. The molecule has 3 rings (SSSR count). The normalized spacial score (nSPS) is 14.2. The molecule has 0 bridgehead atoms. The van der Waals surface area contributed by atoms with Gasteiger partial charge in [-0.25, -0.2) is 9.59 Å². The van der Waals surface area contributed by atoms with Crippen molar-refractivity contribution in [3.8, 4) is 0 Å². The van der Waals surface area contributed by atoms with Gasteiger partial charge in [-0.2, -0.15) is 0 Å². The molecule has 0 aliphatic carbocycles. The van der Waals surface area contributed by atoms with Gasteiger partial charge in [-0.15, -0.1) is 0 Å². The van der Waals surface area contributed by atoms with Crippen LogP contribution < -0.4 is 16.0 Å². The molecule has 5 N–H and O–H groups in total. The Morgan fingerprint density at radius 1 is 0.721 bits per heavy atom. The average Bonchev–Trinajstić information content (AvgIpc) is 2.97. The van der Waals surface area contributed by atoms with Gasteiger partial charge in [-0.05, 0) is 50.3 Å². The lowest BCUT2D eigenvalue weighted by atomic mass is 10.00. The fourth-order valence-corrected chi connectivity index (χ4v) is 4.62.